The second kappa shape index (κ2) is 8.39. The molecule has 1 fully saturated rings. The van der Waals surface area contributed by atoms with Gasteiger partial charge in [-0.25, -0.2) is 4.79 Å². The van der Waals surface area contributed by atoms with Gasteiger partial charge in [0.05, 0.1) is 0 Å². The molecule has 0 atom stereocenters. The van der Waals surface area contributed by atoms with Crippen LogP contribution in [0.4, 0.5) is 16.2 Å². The van der Waals surface area contributed by atoms with Gasteiger partial charge in [0.1, 0.15) is 0 Å². The van der Waals surface area contributed by atoms with Crippen LogP contribution in [0.2, 0.25) is 0 Å². The number of nitrogens with zero attached hydrogens (tertiary/aromatic N) is 1. The summed E-state index contributed by atoms with van der Waals surface area (Å²) in [6, 6.07) is 18.1. The molecular weight excluding hydrogens is 298 g/mol. The van der Waals surface area contributed by atoms with Gasteiger partial charge in [-0.3, -0.25) is 0 Å². The van der Waals surface area contributed by atoms with E-state index in [0.717, 1.165) is 25.2 Å². The Balaban J connectivity index is 1.44. The molecule has 2 aromatic carbocycles. The van der Waals surface area contributed by atoms with Crippen LogP contribution in [0.25, 0.3) is 0 Å². The Hall–Kier alpha value is -2.49. The predicted octanol–water partition coefficient (Wildman–Crippen LogP) is 4.04. The van der Waals surface area contributed by atoms with Crippen molar-refractivity contribution in [2.45, 2.75) is 25.7 Å². The van der Waals surface area contributed by atoms with Crippen molar-refractivity contribution in [2.75, 3.05) is 29.9 Å². The molecule has 4 heteroatoms. The van der Waals surface area contributed by atoms with E-state index in [1.165, 1.54) is 30.5 Å². The van der Waals surface area contributed by atoms with E-state index in [1.807, 2.05) is 30.3 Å². The quantitative estimate of drug-likeness (QED) is 0.872. The van der Waals surface area contributed by atoms with E-state index in [9.17, 15) is 4.79 Å². The molecule has 1 saturated heterocycles. The van der Waals surface area contributed by atoms with Crippen LogP contribution in [0.1, 0.15) is 24.8 Å². The number of rotatable bonds is 5. The first-order valence-corrected chi connectivity index (χ1v) is 8.75. The highest BCUT2D eigenvalue weighted by atomic mass is 16.2. The fraction of sp³-hybridized carbons (Fsp3) is 0.350. The van der Waals surface area contributed by atoms with Crippen molar-refractivity contribution in [2.24, 2.45) is 0 Å². The monoisotopic (exact) mass is 323 g/mol. The SMILES string of the molecule is O=C(NCCc1ccccc1)Nc1ccc(N2CCCCC2)cc1. The summed E-state index contributed by atoms with van der Waals surface area (Å²) < 4.78 is 0. The van der Waals surface area contributed by atoms with E-state index in [1.54, 1.807) is 0 Å². The van der Waals surface area contributed by atoms with Crippen LogP contribution in [0, 0.1) is 0 Å². The molecule has 0 bridgehead atoms. The van der Waals surface area contributed by atoms with Gasteiger partial charge in [-0.15, -0.1) is 0 Å². The first kappa shape index (κ1) is 16.4. The lowest BCUT2D eigenvalue weighted by Crippen LogP contribution is -2.30. The van der Waals surface area contributed by atoms with Gasteiger partial charge in [0, 0.05) is 31.0 Å². The van der Waals surface area contributed by atoms with E-state index in [0.29, 0.717) is 6.54 Å². The molecule has 0 aromatic heterocycles. The minimum absolute atomic E-state index is 0.156. The number of piperidine rings is 1. The summed E-state index contributed by atoms with van der Waals surface area (Å²) in [5, 5.41) is 5.79. The Morgan fingerprint density at radius 1 is 0.917 bits per heavy atom. The number of amides is 2. The maximum atomic E-state index is 12.0. The molecule has 0 radical (unpaired) electrons. The van der Waals surface area contributed by atoms with Crippen LogP contribution in [-0.4, -0.2) is 25.7 Å². The lowest BCUT2D eigenvalue weighted by molar-refractivity contribution is 0.252. The van der Waals surface area contributed by atoms with Gasteiger partial charge >= 0.3 is 6.03 Å². The molecule has 1 aliphatic rings. The smallest absolute Gasteiger partial charge is 0.319 e. The minimum atomic E-state index is -0.156. The Morgan fingerprint density at radius 3 is 2.33 bits per heavy atom. The highest BCUT2D eigenvalue weighted by Crippen LogP contribution is 2.21. The number of anilines is 2. The van der Waals surface area contributed by atoms with Crippen molar-refractivity contribution in [3.8, 4) is 0 Å². The van der Waals surface area contributed by atoms with Gasteiger partial charge in [-0.05, 0) is 55.5 Å². The summed E-state index contributed by atoms with van der Waals surface area (Å²) in [6.45, 7) is 2.89. The van der Waals surface area contributed by atoms with Crippen LogP contribution < -0.4 is 15.5 Å². The Morgan fingerprint density at radius 2 is 1.62 bits per heavy atom. The molecule has 3 rings (SSSR count). The van der Waals surface area contributed by atoms with Crippen LogP contribution in [-0.2, 0) is 6.42 Å². The first-order chi connectivity index (χ1) is 11.8. The third-order valence-corrected chi connectivity index (χ3v) is 4.39. The third-order valence-electron chi connectivity index (χ3n) is 4.39. The zero-order chi connectivity index (χ0) is 16.6. The predicted molar refractivity (Wildman–Crippen MR) is 99.7 cm³/mol. The van der Waals surface area contributed by atoms with E-state index >= 15 is 0 Å². The summed E-state index contributed by atoms with van der Waals surface area (Å²) in [5.41, 5.74) is 3.29. The summed E-state index contributed by atoms with van der Waals surface area (Å²) in [6.07, 6.45) is 4.70. The number of hydrogen-bond donors (Lipinski definition) is 2. The molecule has 0 aliphatic carbocycles. The Kier molecular flexibility index (Phi) is 5.72. The maximum Gasteiger partial charge on any atom is 0.319 e. The third kappa shape index (κ3) is 4.75. The lowest BCUT2D eigenvalue weighted by Gasteiger charge is -2.28. The van der Waals surface area contributed by atoms with Gasteiger partial charge in [-0.2, -0.15) is 0 Å². The van der Waals surface area contributed by atoms with Crippen LogP contribution >= 0.6 is 0 Å². The molecule has 0 unspecified atom stereocenters. The lowest BCUT2D eigenvalue weighted by atomic mass is 10.1. The highest BCUT2D eigenvalue weighted by Gasteiger charge is 2.10. The molecule has 4 nitrogen and oxygen atoms in total. The number of nitrogens with one attached hydrogen (secondary N) is 2. The van der Waals surface area contributed by atoms with E-state index < -0.39 is 0 Å². The zero-order valence-electron chi connectivity index (χ0n) is 14.0. The van der Waals surface area contributed by atoms with Crippen LogP contribution in [0.15, 0.2) is 54.6 Å². The normalized spacial score (nSPS) is 14.2. The van der Waals surface area contributed by atoms with Crippen molar-refractivity contribution in [3.05, 3.63) is 60.2 Å². The Bertz CT molecular complexity index is 634. The van der Waals surface area contributed by atoms with Gasteiger partial charge in [0.25, 0.3) is 0 Å². The fourth-order valence-electron chi connectivity index (χ4n) is 3.05. The van der Waals surface area contributed by atoms with E-state index in [4.69, 9.17) is 0 Å². The number of benzene rings is 2. The van der Waals surface area contributed by atoms with Gasteiger partial charge in [-0.1, -0.05) is 30.3 Å². The average Bonchev–Trinajstić information content (AvgIpc) is 2.64. The molecular formula is C20H25N3O. The molecule has 2 N–H and O–H groups in total. The van der Waals surface area contributed by atoms with Crippen molar-refractivity contribution in [1.29, 1.82) is 0 Å². The minimum Gasteiger partial charge on any atom is -0.372 e. The molecule has 2 aromatic rings. The maximum absolute atomic E-state index is 12.0. The zero-order valence-corrected chi connectivity index (χ0v) is 14.0. The number of carbonyl (C=O) groups is 1. The largest absolute Gasteiger partial charge is 0.372 e. The van der Waals surface area contributed by atoms with Gasteiger partial charge < -0.3 is 15.5 Å². The fourth-order valence-corrected chi connectivity index (χ4v) is 3.05. The molecule has 24 heavy (non-hydrogen) atoms. The topological polar surface area (TPSA) is 44.4 Å². The molecule has 0 spiro atoms. The number of urea groups is 1. The molecule has 126 valence electrons. The summed E-state index contributed by atoms with van der Waals surface area (Å²) >= 11 is 0. The van der Waals surface area contributed by atoms with Gasteiger partial charge in [0.2, 0.25) is 0 Å². The van der Waals surface area contributed by atoms with Crippen LogP contribution in [0.5, 0.6) is 0 Å². The molecule has 2 amide bonds. The van der Waals surface area contributed by atoms with E-state index in [2.05, 4.69) is 39.8 Å². The second-order valence-corrected chi connectivity index (χ2v) is 6.21. The van der Waals surface area contributed by atoms with Crippen molar-refractivity contribution >= 4 is 17.4 Å². The molecule has 0 saturated carbocycles. The standard InChI is InChI=1S/C20H25N3O/c24-20(21-14-13-17-7-3-1-4-8-17)22-18-9-11-19(12-10-18)23-15-5-2-6-16-23/h1,3-4,7-12H,2,5-6,13-16H2,(H2,21,22,24). The summed E-state index contributed by atoms with van der Waals surface area (Å²) in [4.78, 5) is 14.4. The summed E-state index contributed by atoms with van der Waals surface area (Å²) in [5.74, 6) is 0. The highest BCUT2D eigenvalue weighted by molar-refractivity contribution is 5.89. The van der Waals surface area contributed by atoms with Crippen molar-refractivity contribution in [1.82, 2.24) is 5.32 Å². The Labute approximate surface area is 143 Å². The first-order valence-electron chi connectivity index (χ1n) is 8.75. The molecule has 1 aliphatic heterocycles. The second-order valence-electron chi connectivity index (χ2n) is 6.21. The summed E-state index contributed by atoms with van der Waals surface area (Å²) in [7, 11) is 0. The average molecular weight is 323 g/mol. The number of hydrogen-bond acceptors (Lipinski definition) is 2. The van der Waals surface area contributed by atoms with E-state index in [-0.39, 0.29) is 6.03 Å². The van der Waals surface area contributed by atoms with Crippen LogP contribution in [0.3, 0.4) is 0 Å². The van der Waals surface area contributed by atoms with Crippen molar-refractivity contribution in [3.63, 3.8) is 0 Å². The molecule has 1 heterocycles. The van der Waals surface area contributed by atoms with Gasteiger partial charge in [0.15, 0.2) is 0 Å². The number of carbonyl (C=O) groups excluding carboxylic acids is 1. The van der Waals surface area contributed by atoms with Crippen molar-refractivity contribution < 1.29 is 4.79 Å².